The number of carbonyl (C=O) groups is 1. The number of fused-ring (bicyclic) bond motifs is 1. The van der Waals surface area contributed by atoms with Crippen molar-refractivity contribution in [2.45, 2.75) is 6.92 Å². The summed E-state index contributed by atoms with van der Waals surface area (Å²) >= 11 is 1.62. The highest BCUT2D eigenvalue weighted by molar-refractivity contribution is 7.18. The Morgan fingerprint density at radius 3 is 2.83 bits per heavy atom. The van der Waals surface area contributed by atoms with Crippen LogP contribution in [0.5, 0.6) is 0 Å². The number of aryl methyl sites for hydroxylation is 1. The van der Waals surface area contributed by atoms with E-state index in [0.717, 1.165) is 20.9 Å². The number of nitrogens with zero attached hydrogens (tertiary/aromatic N) is 5. The first kappa shape index (κ1) is 14.5. The van der Waals surface area contributed by atoms with Crippen LogP contribution in [0.15, 0.2) is 48.5 Å². The first-order valence-electron chi connectivity index (χ1n) is 7.23. The fraction of sp³-hybridized carbons (Fsp3) is 0.0625. The second kappa shape index (κ2) is 5.82. The van der Waals surface area contributed by atoms with Gasteiger partial charge in [0.25, 0.3) is 11.7 Å². The molecule has 0 bridgehead atoms. The molecule has 4 aromatic rings. The SMILES string of the molecule is Cc1nc2cc(NC(=O)c3nnn(-c4ccccc4)n3)ccc2s1. The van der Waals surface area contributed by atoms with E-state index in [9.17, 15) is 4.79 Å². The number of anilines is 1. The highest BCUT2D eigenvalue weighted by Gasteiger charge is 2.14. The van der Waals surface area contributed by atoms with Gasteiger partial charge in [0.1, 0.15) is 0 Å². The molecule has 0 aliphatic heterocycles. The van der Waals surface area contributed by atoms with Crippen LogP contribution in [-0.4, -0.2) is 31.1 Å². The standard InChI is InChI=1S/C16H12N6OS/c1-10-17-13-9-11(7-8-14(13)24-10)18-16(23)15-19-21-22(20-15)12-5-3-2-4-6-12/h2-9H,1H3,(H,18,23). The van der Waals surface area contributed by atoms with Gasteiger partial charge < -0.3 is 5.32 Å². The molecule has 2 aromatic heterocycles. The highest BCUT2D eigenvalue weighted by atomic mass is 32.1. The normalized spacial score (nSPS) is 10.9. The molecule has 2 heterocycles. The van der Waals surface area contributed by atoms with Crippen molar-refractivity contribution >= 4 is 33.1 Å². The van der Waals surface area contributed by atoms with Crippen LogP contribution in [0, 0.1) is 6.92 Å². The minimum absolute atomic E-state index is 0.00779. The summed E-state index contributed by atoms with van der Waals surface area (Å²) in [4.78, 5) is 18.0. The summed E-state index contributed by atoms with van der Waals surface area (Å²) in [5.74, 6) is -0.406. The Hall–Kier alpha value is -3.13. The van der Waals surface area contributed by atoms with Crippen molar-refractivity contribution in [2.24, 2.45) is 0 Å². The molecule has 0 fully saturated rings. The summed E-state index contributed by atoms with van der Waals surface area (Å²) in [5.41, 5.74) is 2.24. The van der Waals surface area contributed by atoms with Gasteiger partial charge in [-0.2, -0.15) is 0 Å². The second-order valence-corrected chi connectivity index (χ2v) is 6.34. The molecule has 0 unspecified atom stereocenters. The van der Waals surface area contributed by atoms with Crippen molar-refractivity contribution in [3.05, 3.63) is 59.4 Å². The highest BCUT2D eigenvalue weighted by Crippen LogP contribution is 2.24. The van der Waals surface area contributed by atoms with Crippen LogP contribution in [-0.2, 0) is 0 Å². The summed E-state index contributed by atoms with van der Waals surface area (Å²) in [6.45, 7) is 1.95. The minimum Gasteiger partial charge on any atom is -0.319 e. The first-order chi connectivity index (χ1) is 11.7. The van der Waals surface area contributed by atoms with Gasteiger partial charge >= 0.3 is 0 Å². The van der Waals surface area contributed by atoms with Crippen LogP contribution in [0.4, 0.5) is 5.69 Å². The van der Waals surface area contributed by atoms with Gasteiger partial charge in [-0.3, -0.25) is 4.79 Å². The van der Waals surface area contributed by atoms with E-state index >= 15 is 0 Å². The summed E-state index contributed by atoms with van der Waals surface area (Å²) in [6.07, 6.45) is 0. The third-order valence-electron chi connectivity index (χ3n) is 3.36. The monoisotopic (exact) mass is 336 g/mol. The molecule has 0 saturated carbocycles. The van der Waals surface area contributed by atoms with E-state index in [1.807, 2.05) is 55.5 Å². The number of hydrogen-bond acceptors (Lipinski definition) is 6. The van der Waals surface area contributed by atoms with Gasteiger partial charge in [-0.25, -0.2) is 4.98 Å². The quantitative estimate of drug-likeness (QED) is 0.622. The van der Waals surface area contributed by atoms with E-state index in [1.54, 1.807) is 11.3 Å². The number of rotatable bonds is 3. The van der Waals surface area contributed by atoms with Crippen LogP contribution >= 0.6 is 11.3 Å². The Kier molecular flexibility index (Phi) is 3.51. The topological polar surface area (TPSA) is 85.6 Å². The van der Waals surface area contributed by atoms with E-state index in [1.165, 1.54) is 4.80 Å². The predicted octanol–water partition coefficient (Wildman–Crippen LogP) is 2.83. The Bertz CT molecular complexity index is 1020. The molecule has 0 atom stereocenters. The maximum Gasteiger partial charge on any atom is 0.297 e. The van der Waals surface area contributed by atoms with Crippen molar-refractivity contribution in [1.29, 1.82) is 0 Å². The predicted molar refractivity (Wildman–Crippen MR) is 91.5 cm³/mol. The molecule has 0 aliphatic carbocycles. The van der Waals surface area contributed by atoms with E-state index < -0.39 is 5.91 Å². The van der Waals surface area contributed by atoms with Crippen molar-refractivity contribution in [3.8, 4) is 5.69 Å². The summed E-state index contributed by atoms with van der Waals surface area (Å²) < 4.78 is 1.08. The number of thiazole rings is 1. The zero-order chi connectivity index (χ0) is 16.5. The Morgan fingerprint density at radius 1 is 1.17 bits per heavy atom. The molecule has 0 aliphatic rings. The lowest BCUT2D eigenvalue weighted by Gasteiger charge is -2.01. The van der Waals surface area contributed by atoms with Gasteiger partial charge in [-0.15, -0.1) is 26.3 Å². The molecule has 2 aromatic carbocycles. The van der Waals surface area contributed by atoms with Gasteiger partial charge in [0.05, 0.1) is 20.9 Å². The van der Waals surface area contributed by atoms with Crippen LogP contribution in [0.25, 0.3) is 15.9 Å². The molecular formula is C16H12N6OS. The lowest BCUT2D eigenvalue weighted by Crippen LogP contribution is -2.14. The first-order valence-corrected chi connectivity index (χ1v) is 8.05. The number of carbonyl (C=O) groups excluding carboxylic acids is 1. The number of amides is 1. The largest absolute Gasteiger partial charge is 0.319 e. The molecule has 1 N–H and O–H groups in total. The maximum atomic E-state index is 12.3. The molecular weight excluding hydrogens is 324 g/mol. The average molecular weight is 336 g/mol. The molecule has 7 nitrogen and oxygen atoms in total. The second-order valence-electron chi connectivity index (χ2n) is 5.11. The molecule has 0 spiro atoms. The number of tetrazole rings is 1. The van der Waals surface area contributed by atoms with Crippen LogP contribution < -0.4 is 5.32 Å². The average Bonchev–Trinajstić information content (AvgIpc) is 3.21. The summed E-state index contributed by atoms with van der Waals surface area (Å²) in [7, 11) is 0. The number of hydrogen-bond donors (Lipinski definition) is 1. The van der Waals surface area contributed by atoms with Crippen molar-refractivity contribution in [3.63, 3.8) is 0 Å². The molecule has 118 valence electrons. The number of nitrogens with one attached hydrogen (secondary N) is 1. The zero-order valence-electron chi connectivity index (χ0n) is 12.7. The van der Waals surface area contributed by atoms with Crippen molar-refractivity contribution < 1.29 is 4.79 Å². The Labute approximate surface area is 141 Å². The van der Waals surface area contributed by atoms with Crippen molar-refractivity contribution in [2.75, 3.05) is 5.32 Å². The smallest absolute Gasteiger partial charge is 0.297 e. The number of para-hydroxylation sites is 1. The third-order valence-corrected chi connectivity index (χ3v) is 4.31. The van der Waals surface area contributed by atoms with Crippen LogP contribution in [0.1, 0.15) is 15.6 Å². The van der Waals surface area contributed by atoms with E-state index in [4.69, 9.17) is 0 Å². The fourth-order valence-corrected chi connectivity index (χ4v) is 3.09. The maximum absolute atomic E-state index is 12.3. The molecule has 24 heavy (non-hydrogen) atoms. The van der Waals surface area contributed by atoms with Gasteiger partial charge in [-0.1, -0.05) is 18.2 Å². The number of benzene rings is 2. The molecule has 1 amide bonds. The molecule has 4 rings (SSSR count). The third kappa shape index (κ3) is 2.74. The van der Waals surface area contributed by atoms with E-state index in [2.05, 4.69) is 25.7 Å². The molecule has 8 heteroatoms. The minimum atomic E-state index is -0.413. The zero-order valence-corrected chi connectivity index (χ0v) is 13.5. The Balaban J connectivity index is 1.56. The summed E-state index contributed by atoms with van der Waals surface area (Å²) in [5, 5.41) is 15.6. The summed E-state index contributed by atoms with van der Waals surface area (Å²) in [6, 6.07) is 14.9. The Morgan fingerprint density at radius 2 is 2.00 bits per heavy atom. The van der Waals surface area contributed by atoms with Crippen molar-refractivity contribution in [1.82, 2.24) is 25.2 Å². The lowest BCUT2D eigenvalue weighted by atomic mass is 10.3. The van der Waals surface area contributed by atoms with Gasteiger partial charge in [-0.05, 0) is 42.5 Å². The number of aromatic nitrogens is 5. The van der Waals surface area contributed by atoms with Crippen LogP contribution in [0.3, 0.4) is 0 Å². The van der Waals surface area contributed by atoms with Gasteiger partial charge in [0.2, 0.25) is 0 Å². The van der Waals surface area contributed by atoms with E-state index in [0.29, 0.717) is 5.69 Å². The van der Waals surface area contributed by atoms with Gasteiger partial charge in [0.15, 0.2) is 0 Å². The lowest BCUT2D eigenvalue weighted by molar-refractivity contribution is 0.101. The van der Waals surface area contributed by atoms with E-state index in [-0.39, 0.29) is 5.82 Å². The van der Waals surface area contributed by atoms with Gasteiger partial charge in [0, 0.05) is 5.69 Å². The molecule has 0 radical (unpaired) electrons. The fourth-order valence-electron chi connectivity index (χ4n) is 2.28. The molecule has 0 saturated heterocycles. The van der Waals surface area contributed by atoms with Crippen LogP contribution in [0.2, 0.25) is 0 Å².